The van der Waals surface area contributed by atoms with E-state index < -0.39 is 5.97 Å². The third-order valence-corrected chi connectivity index (χ3v) is 3.19. The molecule has 2 N–H and O–H groups in total. The largest absolute Gasteiger partial charge is 0.481 e. The third kappa shape index (κ3) is 2.19. The Labute approximate surface area is 115 Å². The quantitative estimate of drug-likeness (QED) is 0.896. The fourth-order valence-corrected chi connectivity index (χ4v) is 2.19. The zero-order valence-corrected chi connectivity index (χ0v) is 10.6. The molecule has 0 bridgehead atoms. The van der Waals surface area contributed by atoms with Crippen LogP contribution < -0.4 is 9.80 Å². The van der Waals surface area contributed by atoms with Crippen LogP contribution in [0.1, 0.15) is 12.0 Å². The van der Waals surface area contributed by atoms with E-state index in [-0.39, 0.29) is 6.42 Å². The Morgan fingerprint density at radius 2 is 1.85 bits per heavy atom. The summed E-state index contributed by atoms with van der Waals surface area (Å²) in [4.78, 5) is 10.6. The van der Waals surface area contributed by atoms with E-state index in [2.05, 4.69) is 0 Å². The van der Waals surface area contributed by atoms with Gasteiger partial charge < -0.3 is 9.84 Å². The van der Waals surface area contributed by atoms with E-state index in [1.54, 1.807) is 30.3 Å². The van der Waals surface area contributed by atoms with Gasteiger partial charge in [0.25, 0.3) is 0 Å². The molecule has 0 unspecified atom stereocenters. The van der Waals surface area contributed by atoms with Gasteiger partial charge in [0, 0.05) is 6.42 Å². The van der Waals surface area contributed by atoms with Crippen molar-refractivity contribution < 1.29 is 19.8 Å². The lowest BCUT2D eigenvalue weighted by Gasteiger charge is -2.27. The maximum atomic E-state index is 10.6. The molecule has 5 nitrogen and oxygen atoms in total. The zero-order valence-electron chi connectivity index (χ0n) is 10.6. The van der Waals surface area contributed by atoms with Crippen molar-refractivity contribution in [3.05, 3.63) is 48.0 Å². The minimum absolute atomic E-state index is 0.0677. The van der Waals surface area contributed by atoms with Gasteiger partial charge in [0.1, 0.15) is 11.4 Å². The van der Waals surface area contributed by atoms with Crippen molar-refractivity contribution in [1.82, 2.24) is 0 Å². The summed E-state index contributed by atoms with van der Waals surface area (Å²) in [5, 5.41) is 20.0. The van der Waals surface area contributed by atoms with E-state index in [1.165, 1.54) is 0 Å². The number of carboxylic acid groups (broad SMARTS) is 1. The average molecular weight is 271 g/mol. The first kappa shape index (κ1) is 12.5. The lowest BCUT2D eigenvalue weighted by molar-refractivity contribution is -0.136. The number of carboxylic acids is 1. The van der Waals surface area contributed by atoms with Gasteiger partial charge in [-0.15, -0.1) is 0 Å². The number of aryl methyl sites for hydroxylation is 1. The molecule has 1 aliphatic heterocycles. The van der Waals surface area contributed by atoms with Crippen LogP contribution in [0.5, 0.6) is 11.5 Å². The highest BCUT2D eigenvalue weighted by molar-refractivity contribution is 5.76. The van der Waals surface area contributed by atoms with Crippen molar-refractivity contribution in [2.75, 3.05) is 5.06 Å². The van der Waals surface area contributed by atoms with Crippen molar-refractivity contribution in [3.63, 3.8) is 0 Å². The van der Waals surface area contributed by atoms with Crippen molar-refractivity contribution in [2.45, 2.75) is 12.8 Å². The molecule has 2 aromatic carbocycles. The Hall–Kier alpha value is -2.53. The number of rotatable bonds is 3. The number of fused-ring (bicyclic) bond motifs is 2. The summed E-state index contributed by atoms with van der Waals surface area (Å²) < 4.78 is 5.75. The minimum Gasteiger partial charge on any atom is -0.481 e. The molecule has 0 saturated heterocycles. The van der Waals surface area contributed by atoms with Crippen molar-refractivity contribution in [3.8, 4) is 11.5 Å². The van der Waals surface area contributed by atoms with Gasteiger partial charge in [0.2, 0.25) is 0 Å². The van der Waals surface area contributed by atoms with Crippen LogP contribution in [0.3, 0.4) is 0 Å². The molecule has 0 amide bonds. The summed E-state index contributed by atoms with van der Waals surface area (Å²) in [7, 11) is 0. The smallest absolute Gasteiger partial charge is 0.303 e. The Bertz CT molecular complexity index is 669. The molecule has 0 saturated carbocycles. The molecular weight excluding hydrogens is 258 g/mol. The fourth-order valence-electron chi connectivity index (χ4n) is 2.19. The highest BCUT2D eigenvalue weighted by atomic mass is 16.5. The van der Waals surface area contributed by atoms with Crippen LogP contribution >= 0.6 is 0 Å². The molecule has 1 heterocycles. The number of ether oxygens (including phenoxy) is 1. The number of para-hydroxylation sites is 2. The summed E-state index contributed by atoms with van der Waals surface area (Å²) in [6.45, 7) is 0. The van der Waals surface area contributed by atoms with Crippen molar-refractivity contribution in [1.29, 1.82) is 0 Å². The van der Waals surface area contributed by atoms with Crippen LogP contribution in [0.2, 0.25) is 0 Å². The molecule has 0 radical (unpaired) electrons. The second kappa shape index (κ2) is 4.86. The van der Waals surface area contributed by atoms with E-state index in [0.29, 0.717) is 29.3 Å². The summed E-state index contributed by atoms with van der Waals surface area (Å²) >= 11 is 0. The van der Waals surface area contributed by atoms with Gasteiger partial charge >= 0.3 is 5.97 Å². The molecule has 3 rings (SSSR count). The molecule has 0 aliphatic carbocycles. The van der Waals surface area contributed by atoms with E-state index >= 15 is 0 Å². The standard InChI is InChI=1S/C15H13NO4/c17-15(18)8-6-10-5-7-12-14(9-10)20-13-4-2-1-3-11(13)16(12)19/h1-5,7,9,19H,6,8H2,(H,17,18). The topological polar surface area (TPSA) is 70.0 Å². The molecule has 0 fully saturated rings. The molecule has 102 valence electrons. The van der Waals surface area contributed by atoms with E-state index in [4.69, 9.17) is 9.84 Å². The van der Waals surface area contributed by atoms with Gasteiger partial charge in [-0.3, -0.25) is 10.0 Å². The average Bonchev–Trinajstić information content (AvgIpc) is 2.45. The summed E-state index contributed by atoms with van der Waals surface area (Å²) in [5.74, 6) is 0.254. The lowest BCUT2D eigenvalue weighted by atomic mass is 10.1. The molecule has 1 aliphatic rings. The maximum Gasteiger partial charge on any atom is 0.303 e. The number of carbonyl (C=O) groups is 1. The predicted octanol–water partition coefficient (Wildman–Crippen LogP) is 3.34. The molecule has 0 aromatic heterocycles. The third-order valence-electron chi connectivity index (χ3n) is 3.19. The van der Waals surface area contributed by atoms with E-state index in [1.807, 2.05) is 12.1 Å². The summed E-state index contributed by atoms with van der Waals surface area (Å²) in [6.07, 6.45) is 0.497. The highest BCUT2D eigenvalue weighted by Gasteiger charge is 2.23. The molecule has 0 atom stereocenters. The molecule has 5 heteroatoms. The monoisotopic (exact) mass is 271 g/mol. The fraction of sp³-hybridized carbons (Fsp3) is 0.133. The number of hydrogen-bond donors (Lipinski definition) is 2. The van der Waals surface area contributed by atoms with Crippen LogP contribution in [0.25, 0.3) is 0 Å². The second-order valence-corrected chi connectivity index (χ2v) is 4.58. The highest BCUT2D eigenvalue weighted by Crippen LogP contribution is 2.45. The lowest BCUT2D eigenvalue weighted by Crippen LogP contribution is -2.16. The van der Waals surface area contributed by atoms with Crippen LogP contribution in [-0.4, -0.2) is 16.3 Å². The first-order chi connectivity index (χ1) is 9.65. The molecule has 2 aromatic rings. The Kier molecular flexibility index (Phi) is 3.04. The molecular formula is C15H13NO4. The van der Waals surface area contributed by atoms with Gasteiger partial charge in [0.15, 0.2) is 11.5 Å². The van der Waals surface area contributed by atoms with Crippen molar-refractivity contribution >= 4 is 17.3 Å². The SMILES string of the molecule is O=C(O)CCc1ccc2c(c1)Oc1ccccc1N2O. The van der Waals surface area contributed by atoms with Crippen LogP contribution in [0.15, 0.2) is 42.5 Å². The number of hydrogen-bond acceptors (Lipinski definition) is 4. The van der Waals surface area contributed by atoms with Gasteiger partial charge in [-0.1, -0.05) is 18.2 Å². The van der Waals surface area contributed by atoms with Crippen LogP contribution in [0, 0.1) is 0 Å². The second-order valence-electron chi connectivity index (χ2n) is 4.58. The Morgan fingerprint density at radius 3 is 2.65 bits per heavy atom. The Balaban J connectivity index is 1.92. The normalized spacial score (nSPS) is 12.3. The summed E-state index contributed by atoms with van der Waals surface area (Å²) in [6, 6.07) is 12.5. The Morgan fingerprint density at radius 1 is 1.10 bits per heavy atom. The number of aliphatic carboxylic acids is 1. The van der Waals surface area contributed by atoms with Crippen LogP contribution in [-0.2, 0) is 11.2 Å². The number of nitrogens with zero attached hydrogens (tertiary/aromatic N) is 1. The maximum absolute atomic E-state index is 10.6. The van der Waals surface area contributed by atoms with E-state index in [0.717, 1.165) is 10.6 Å². The minimum atomic E-state index is -0.835. The van der Waals surface area contributed by atoms with Gasteiger partial charge in [-0.05, 0) is 36.2 Å². The first-order valence-electron chi connectivity index (χ1n) is 6.26. The van der Waals surface area contributed by atoms with Gasteiger partial charge in [0.05, 0.1) is 0 Å². The van der Waals surface area contributed by atoms with E-state index in [9.17, 15) is 10.0 Å². The number of anilines is 2. The molecule has 20 heavy (non-hydrogen) atoms. The molecule has 0 spiro atoms. The predicted molar refractivity (Wildman–Crippen MR) is 72.8 cm³/mol. The van der Waals surface area contributed by atoms with Crippen LogP contribution in [0.4, 0.5) is 11.4 Å². The van der Waals surface area contributed by atoms with Crippen molar-refractivity contribution in [2.24, 2.45) is 0 Å². The van der Waals surface area contributed by atoms with Gasteiger partial charge in [-0.25, -0.2) is 5.06 Å². The van der Waals surface area contributed by atoms with Gasteiger partial charge in [-0.2, -0.15) is 0 Å². The first-order valence-corrected chi connectivity index (χ1v) is 6.26. The summed E-state index contributed by atoms with van der Waals surface area (Å²) in [5.41, 5.74) is 1.99. The zero-order chi connectivity index (χ0) is 14.1. The number of benzene rings is 2.